The monoisotopic (exact) mass is 308 g/mol. The highest BCUT2D eigenvalue weighted by Crippen LogP contribution is 2.25. The standard InChI is InChI=1S/C13H17BrN4/c1-3-18-12(6-7-16-18)13(17-15)10-5-4-9(2)11(14)8-10/h4-8,13,17H,3,15H2,1-2H3. The molecule has 1 atom stereocenters. The summed E-state index contributed by atoms with van der Waals surface area (Å²) in [4.78, 5) is 0. The third-order valence-corrected chi connectivity index (χ3v) is 3.89. The van der Waals surface area contributed by atoms with E-state index in [1.165, 1.54) is 5.56 Å². The summed E-state index contributed by atoms with van der Waals surface area (Å²) in [7, 11) is 0. The van der Waals surface area contributed by atoms with Crippen molar-refractivity contribution in [3.05, 3.63) is 51.8 Å². The molecule has 0 saturated carbocycles. The molecule has 96 valence electrons. The number of nitrogens with one attached hydrogen (secondary N) is 1. The van der Waals surface area contributed by atoms with E-state index in [0.717, 1.165) is 22.3 Å². The number of halogens is 1. The van der Waals surface area contributed by atoms with Crippen molar-refractivity contribution in [1.29, 1.82) is 0 Å². The Hall–Kier alpha value is -1.17. The Bertz CT molecular complexity index is 536. The molecule has 0 radical (unpaired) electrons. The first-order valence-corrected chi connectivity index (χ1v) is 6.70. The number of hydrogen-bond acceptors (Lipinski definition) is 3. The third-order valence-electron chi connectivity index (χ3n) is 3.04. The van der Waals surface area contributed by atoms with Crippen LogP contribution in [0.2, 0.25) is 0 Å². The Morgan fingerprint density at radius 1 is 1.44 bits per heavy atom. The first kappa shape index (κ1) is 13.3. The van der Waals surface area contributed by atoms with Gasteiger partial charge in [0.25, 0.3) is 0 Å². The molecule has 0 spiro atoms. The van der Waals surface area contributed by atoms with Gasteiger partial charge in [-0.15, -0.1) is 0 Å². The summed E-state index contributed by atoms with van der Waals surface area (Å²) >= 11 is 3.55. The predicted molar refractivity (Wildman–Crippen MR) is 75.9 cm³/mol. The molecule has 4 nitrogen and oxygen atoms in total. The topological polar surface area (TPSA) is 55.9 Å². The van der Waals surface area contributed by atoms with Gasteiger partial charge in [0.05, 0.1) is 11.7 Å². The van der Waals surface area contributed by atoms with E-state index in [2.05, 4.69) is 58.5 Å². The lowest BCUT2D eigenvalue weighted by Crippen LogP contribution is -2.30. The van der Waals surface area contributed by atoms with Gasteiger partial charge < -0.3 is 0 Å². The van der Waals surface area contributed by atoms with Gasteiger partial charge in [0.1, 0.15) is 0 Å². The van der Waals surface area contributed by atoms with Crippen molar-refractivity contribution in [3.63, 3.8) is 0 Å². The molecular weight excluding hydrogens is 292 g/mol. The van der Waals surface area contributed by atoms with Crippen LogP contribution in [0.4, 0.5) is 0 Å². The van der Waals surface area contributed by atoms with E-state index in [4.69, 9.17) is 5.84 Å². The van der Waals surface area contributed by atoms with Crippen LogP contribution in [-0.2, 0) is 6.54 Å². The maximum Gasteiger partial charge on any atom is 0.0878 e. The Labute approximate surface area is 115 Å². The summed E-state index contributed by atoms with van der Waals surface area (Å²) in [5, 5.41) is 4.28. The molecule has 1 heterocycles. The van der Waals surface area contributed by atoms with Crippen molar-refractivity contribution < 1.29 is 0 Å². The van der Waals surface area contributed by atoms with Crippen molar-refractivity contribution >= 4 is 15.9 Å². The number of benzene rings is 1. The van der Waals surface area contributed by atoms with Crippen LogP contribution in [-0.4, -0.2) is 9.78 Å². The molecule has 2 rings (SSSR count). The van der Waals surface area contributed by atoms with Gasteiger partial charge in [-0.2, -0.15) is 5.10 Å². The molecule has 0 aliphatic rings. The molecule has 0 aliphatic carbocycles. The summed E-state index contributed by atoms with van der Waals surface area (Å²) in [5.41, 5.74) is 6.25. The maximum absolute atomic E-state index is 5.70. The number of hydrogen-bond donors (Lipinski definition) is 2. The Morgan fingerprint density at radius 3 is 2.83 bits per heavy atom. The molecule has 0 fully saturated rings. The van der Waals surface area contributed by atoms with Gasteiger partial charge in [-0.05, 0) is 37.1 Å². The minimum absolute atomic E-state index is 0.0515. The molecular formula is C13H17BrN4. The van der Waals surface area contributed by atoms with Crippen molar-refractivity contribution in [1.82, 2.24) is 15.2 Å². The van der Waals surface area contributed by atoms with Crippen molar-refractivity contribution in [3.8, 4) is 0 Å². The number of hydrazine groups is 1. The first-order valence-electron chi connectivity index (χ1n) is 5.91. The second-order valence-corrected chi connectivity index (χ2v) is 5.03. The lowest BCUT2D eigenvalue weighted by molar-refractivity contribution is 0.543. The highest BCUT2D eigenvalue weighted by Gasteiger charge is 2.17. The lowest BCUT2D eigenvalue weighted by Gasteiger charge is -2.18. The van der Waals surface area contributed by atoms with Crippen LogP contribution in [0.25, 0.3) is 0 Å². The lowest BCUT2D eigenvalue weighted by atomic mass is 10.0. The zero-order valence-corrected chi connectivity index (χ0v) is 12.1. The van der Waals surface area contributed by atoms with Gasteiger partial charge >= 0.3 is 0 Å². The van der Waals surface area contributed by atoms with Crippen LogP contribution in [0.15, 0.2) is 34.9 Å². The minimum Gasteiger partial charge on any atom is -0.271 e. The third kappa shape index (κ3) is 2.48. The van der Waals surface area contributed by atoms with Gasteiger partial charge in [-0.1, -0.05) is 28.1 Å². The molecule has 1 aromatic heterocycles. The molecule has 2 aromatic rings. The molecule has 1 unspecified atom stereocenters. The highest BCUT2D eigenvalue weighted by atomic mass is 79.9. The summed E-state index contributed by atoms with van der Waals surface area (Å²) < 4.78 is 3.03. The summed E-state index contributed by atoms with van der Waals surface area (Å²) in [6, 6.07) is 8.19. The zero-order chi connectivity index (χ0) is 13.1. The highest BCUT2D eigenvalue weighted by molar-refractivity contribution is 9.10. The van der Waals surface area contributed by atoms with Crippen LogP contribution in [0, 0.1) is 6.92 Å². The summed E-state index contributed by atoms with van der Waals surface area (Å²) in [6.07, 6.45) is 1.80. The number of rotatable bonds is 4. The van der Waals surface area contributed by atoms with Crippen molar-refractivity contribution in [2.75, 3.05) is 0 Å². The molecule has 0 saturated heterocycles. The average Bonchev–Trinajstić information content (AvgIpc) is 2.83. The van der Waals surface area contributed by atoms with E-state index in [1.807, 2.05) is 10.7 Å². The fraction of sp³-hybridized carbons (Fsp3) is 0.308. The molecule has 1 aromatic carbocycles. The van der Waals surface area contributed by atoms with Gasteiger partial charge in [0.2, 0.25) is 0 Å². The Morgan fingerprint density at radius 2 is 2.22 bits per heavy atom. The van der Waals surface area contributed by atoms with E-state index in [1.54, 1.807) is 6.20 Å². The quantitative estimate of drug-likeness (QED) is 0.674. The van der Waals surface area contributed by atoms with E-state index in [9.17, 15) is 0 Å². The molecule has 0 aliphatic heterocycles. The predicted octanol–water partition coefficient (Wildman–Crippen LogP) is 2.53. The fourth-order valence-corrected chi connectivity index (χ4v) is 2.39. The minimum atomic E-state index is -0.0515. The Balaban J connectivity index is 2.42. The number of aryl methyl sites for hydroxylation is 2. The molecule has 3 N–H and O–H groups in total. The average molecular weight is 309 g/mol. The van der Waals surface area contributed by atoms with Crippen molar-refractivity contribution in [2.24, 2.45) is 5.84 Å². The van der Waals surface area contributed by atoms with E-state index < -0.39 is 0 Å². The normalized spacial score (nSPS) is 12.7. The smallest absolute Gasteiger partial charge is 0.0878 e. The van der Waals surface area contributed by atoms with E-state index >= 15 is 0 Å². The van der Waals surface area contributed by atoms with Gasteiger partial charge in [0.15, 0.2) is 0 Å². The number of nitrogens with two attached hydrogens (primary N) is 1. The SMILES string of the molecule is CCn1nccc1C(NN)c1ccc(C)c(Br)c1. The van der Waals surface area contributed by atoms with Crippen LogP contribution >= 0.6 is 15.9 Å². The van der Waals surface area contributed by atoms with Crippen molar-refractivity contribution in [2.45, 2.75) is 26.4 Å². The second kappa shape index (κ2) is 5.65. The Kier molecular flexibility index (Phi) is 4.16. The fourth-order valence-electron chi connectivity index (χ4n) is 1.99. The summed E-state index contributed by atoms with van der Waals surface area (Å²) in [5.74, 6) is 5.70. The molecule has 0 amide bonds. The van der Waals surface area contributed by atoms with Crippen LogP contribution in [0.5, 0.6) is 0 Å². The largest absolute Gasteiger partial charge is 0.271 e. The van der Waals surface area contributed by atoms with Gasteiger partial charge in [-0.3, -0.25) is 10.5 Å². The summed E-state index contributed by atoms with van der Waals surface area (Å²) in [6.45, 7) is 4.96. The van der Waals surface area contributed by atoms with Gasteiger partial charge in [-0.25, -0.2) is 5.43 Å². The number of aromatic nitrogens is 2. The first-order chi connectivity index (χ1) is 8.67. The van der Waals surface area contributed by atoms with E-state index in [-0.39, 0.29) is 6.04 Å². The maximum atomic E-state index is 5.70. The van der Waals surface area contributed by atoms with Crippen LogP contribution in [0.1, 0.15) is 29.8 Å². The van der Waals surface area contributed by atoms with Crippen LogP contribution < -0.4 is 11.3 Å². The molecule has 5 heteroatoms. The number of nitrogens with zero attached hydrogens (tertiary/aromatic N) is 2. The zero-order valence-electron chi connectivity index (χ0n) is 10.5. The molecule has 0 bridgehead atoms. The van der Waals surface area contributed by atoms with Crippen LogP contribution in [0.3, 0.4) is 0 Å². The second-order valence-electron chi connectivity index (χ2n) is 4.18. The molecule has 18 heavy (non-hydrogen) atoms. The van der Waals surface area contributed by atoms with Gasteiger partial charge in [0, 0.05) is 17.2 Å². The van der Waals surface area contributed by atoms with E-state index in [0.29, 0.717) is 0 Å².